The standard InChI is InChI=1S/C36H32N8O2/c1-24(2)34-37-31-32(36(46-23-27-13-7-4-8-14-27)41-40-35(31)45-22-26-11-5-3-6-12-26)44(34)21-25-17-19-28(20-18-25)29-15-9-10-16-30(29)33-38-42-43-39-33/h3-20,24H,21-23H2,1-2H3,(H,38,39,42,43). The van der Waals surface area contributed by atoms with Gasteiger partial charge in [0.25, 0.3) is 11.8 Å². The Bertz CT molecular complexity index is 2040. The average molecular weight is 609 g/mol. The summed E-state index contributed by atoms with van der Waals surface area (Å²) >= 11 is 0. The molecule has 10 nitrogen and oxygen atoms in total. The van der Waals surface area contributed by atoms with Gasteiger partial charge < -0.3 is 14.0 Å². The Labute approximate surface area is 266 Å². The highest BCUT2D eigenvalue weighted by atomic mass is 16.5. The second kappa shape index (κ2) is 13.0. The summed E-state index contributed by atoms with van der Waals surface area (Å²) < 4.78 is 14.7. The average Bonchev–Trinajstić information content (AvgIpc) is 3.78. The fraction of sp³-hybridized carbons (Fsp3) is 0.167. The van der Waals surface area contributed by atoms with Gasteiger partial charge in [0.2, 0.25) is 5.82 Å². The molecule has 0 unspecified atom stereocenters. The molecule has 0 radical (unpaired) electrons. The van der Waals surface area contributed by atoms with E-state index in [1.54, 1.807) is 0 Å². The van der Waals surface area contributed by atoms with Crippen molar-refractivity contribution >= 4 is 11.0 Å². The van der Waals surface area contributed by atoms with Crippen LogP contribution in [0.4, 0.5) is 0 Å². The molecule has 228 valence electrons. The summed E-state index contributed by atoms with van der Waals surface area (Å²) in [7, 11) is 0. The Balaban J connectivity index is 1.26. The molecule has 7 aromatic rings. The molecule has 0 saturated heterocycles. The van der Waals surface area contributed by atoms with E-state index in [1.165, 1.54) is 0 Å². The highest BCUT2D eigenvalue weighted by Gasteiger charge is 2.24. The summed E-state index contributed by atoms with van der Waals surface area (Å²) in [6.45, 7) is 5.52. The molecule has 7 rings (SSSR count). The lowest BCUT2D eigenvalue weighted by Crippen LogP contribution is -2.09. The molecule has 0 bridgehead atoms. The van der Waals surface area contributed by atoms with Gasteiger partial charge in [-0.3, -0.25) is 0 Å². The lowest BCUT2D eigenvalue weighted by Gasteiger charge is -2.14. The number of nitrogens with one attached hydrogen (secondary N) is 1. The van der Waals surface area contributed by atoms with Crippen molar-refractivity contribution in [1.29, 1.82) is 0 Å². The Morgan fingerprint density at radius 2 is 1.26 bits per heavy atom. The Morgan fingerprint density at radius 3 is 1.89 bits per heavy atom. The van der Waals surface area contributed by atoms with Crippen LogP contribution in [-0.2, 0) is 19.8 Å². The van der Waals surface area contributed by atoms with Gasteiger partial charge in [-0.15, -0.1) is 20.4 Å². The van der Waals surface area contributed by atoms with Gasteiger partial charge in [-0.1, -0.05) is 123 Å². The smallest absolute Gasteiger partial charge is 0.262 e. The fourth-order valence-corrected chi connectivity index (χ4v) is 5.45. The largest absolute Gasteiger partial charge is 0.470 e. The second-order valence-electron chi connectivity index (χ2n) is 11.2. The van der Waals surface area contributed by atoms with Gasteiger partial charge in [-0.2, -0.15) is 5.21 Å². The molecule has 46 heavy (non-hydrogen) atoms. The van der Waals surface area contributed by atoms with Crippen molar-refractivity contribution in [1.82, 2.24) is 40.4 Å². The van der Waals surface area contributed by atoms with Gasteiger partial charge in [0.05, 0.1) is 0 Å². The zero-order chi connectivity index (χ0) is 31.3. The van der Waals surface area contributed by atoms with Crippen LogP contribution in [0, 0.1) is 0 Å². The molecule has 1 N–H and O–H groups in total. The monoisotopic (exact) mass is 608 g/mol. The zero-order valence-electron chi connectivity index (χ0n) is 25.5. The molecule has 0 fully saturated rings. The number of tetrazole rings is 1. The van der Waals surface area contributed by atoms with Crippen LogP contribution in [0.15, 0.2) is 109 Å². The Hall–Kier alpha value is -5.90. The van der Waals surface area contributed by atoms with E-state index < -0.39 is 0 Å². The summed E-state index contributed by atoms with van der Waals surface area (Å²) in [5, 5.41) is 23.6. The van der Waals surface area contributed by atoms with Crippen LogP contribution >= 0.6 is 0 Å². The molecule has 0 aliphatic heterocycles. The van der Waals surface area contributed by atoms with E-state index in [0.29, 0.717) is 42.9 Å². The number of benzene rings is 4. The summed E-state index contributed by atoms with van der Waals surface area (Å²) in [6.07, 6.45) is 0. The van der Waals surface area contributed by atoms with E-state index in [1.807, 2.05) is 78.9 Å². The van der Waals surface area contributed by atoms with Gasteiger partial charge in [-0.05, 0) is 33.0 Å². The van der Waals surface area contributed by atoms with Crippen molar-refractivity contribution in [2.24, 2.45) is 0 Å². The summed E-state index contributed by atoms with van der Waals surface area (Å²) in [5.41, 5.74) is 7.54. The van der Waals surface area contributed by atoms with Crippen LogP contribution in [0.1, 0.15) is 42.3 Å². The lowest BCUT2D eigenvalue weighted by atomic mass is 9.98. The van der Waals surface area contributed by atoms with Crippen LogP contribution in [0.3, 0.4) is 0 Å². The highest BCUT2D eigenvalue weighted by Crippen LogP contribution is 2.35. The summed E-state index contributed by atoms with van der Waals surface area (Å²) in [6, 6.07) is 36.5. The maximum Gasteiger partial charge on any atom is 0.262 e. The lowest BCUT2D eigenvalue weighted by molar-refractivity contribution is 0.277. The van der Waals surface area contributed by atoms with Crippen molar-refractivity contribution in [3.63, 3.8) is 0 Å². The topological polar surface area (TPSA) is 117 Å². The SMILES string of the molecule is CC(C)c1nc2c(OCc3ccccc3)nnc(OCc3ccccc3)c2n1Cc1ccc(-c2ccccc2-c2nn[nH]n2)cc1. The van der Waals surface area contributed by atoms with E-state index in [2.05, 4.69) is 79.6 Å². The van der Waals surface area contributed by atoms with Crippen LogP contribution < -0.4 is 9.47 Å². The first-order valence-electron chi connectivity index (χ1n) is 15.2. The van der Waals surface area contributed by atoms with Crippen LogP contribution in [0.5, 0.6) is 11.8 Å². The molecular formula is C36H32N8O2. The zero-order valence-corrected chi connectivity index (χ0v) is 25.5. The number of aromatic amines is 1. The molecule has 0 saturated carbocycles. The fourth-order valence-electron chi connectivity index (χ4n) is 5.45. The number of aromatic nitrogens is 8. The molecule has 0 aliphatic rings. The van der Waals surface area contributed by atoms with E-state index in [-0.39, 0.29) is 5.92 Å². The molecule has 0 spiro atoms. The molecule has 0 amide bonds. The molecule has 4 aromatic carbocycles. The van der Waals surface area contributed by atoms with Crippen molar-refractivity contribution < 1.29 is 9.47 Å². The number of nitrogens with zero attached hydrogens (tertiary/aromatic N) is 7. The quantitative estimate of drug-likeness (QED) is 0.167. The van der Waals surface area contributed by atoms with Crippen LogP contribution in [-0.4, -0.2) is 40.4 Å². The number of H-pyrrole nitrogens is 1. The minimum Gasteiger partial charge on any atom is -0.470 e. The number of hydrogen-bond acceptors (Lipinski definition) is 8. The van der Waals surface area contributed by atoms with Gasteiger partial charge in [0, 0.05) is 18.0 Å². The minimum absolute atomic E-state index is 0.123. The third-order valence-electron chi connectivity index (χ3n) is 7.71. The number of hydrogen-bond donors (Lipinski definition) is 1. The predicted molar refractivity (Wildman–Crippen MR) is 175 cm³/mol. The molecule has 3 aromatic heterocycles. The van der Waals surface area contributed by atoms with Crippen molar-refractivity contribution in [2.45, 2.75) is 39.5 Å². The first-order valence-corrected chi connectivity index (χ1v) is 15.2. The van der Waals surface area contributed by atoms with Gasteiger partial charge in [0.15, 0.2) is 5.52 Å². The van der Waals surface area contributed by atoms with E-state index in [0.717, 1.165) is 44.7 Å². The molecule has 0 aliphatic carbocycles. The normalized spacial score (nSPS) is 11.3. The van der Waals surface area contributed by atoms with E-state index >= 15 is 0 Å². The van der Waals surface area contributed by atoms with Gasteiger partial charge in [-0.25, -0.2) is 4.98 Å². The van der Waals surface area contributed by atoms with E-state index in [4.69, 9.17) is 14.5 Å². The minimum atomic E-state index is 0.123. The maximum atomic E-state index is 6.31. The maximum absolute atomic E-state index is 6.31. The third-order valence-corrected chi connectivity index (χ3v) is 7.71. The Kier molecular flexibility index (Phi) is 8.15. The van der Waals surface area contributed by atoms with Crippen molar-refractivity contribution in [3.05, 3.63) is 132 Å². The molecule has 10 heteroatoms. The summed E-state index contributed by atoms with van der Waals surface area (Å²) in [5.74, 6) is 2.36. The number of ether oxygens (including phenoxy) is 2. The van der Waals surface area contributed by atoms with Gasteiger partial charge in [0.1, 0.15) is 24.6 Å². The third kappa shape index (κ3) is 6.05. The molecular weight excluding hydrogens is 576 g/mol. The number of imidazole rings is 1. The number of rotatable bonds is 11. The predicted octanol–water partition coefficient (Wildman–Crippen LogP) is 7.00. The van der Waals surface area contributed by atoms with Crippen LogP contribution in [0.2, 0.25) is 0 Å². The van der Waals surface area contributed by atoms with E-state index in [9.17, 15) is 0 Å². The second-order valence-corrected chi connectivity index (χ2v) is 11.2. The molecule has 0 atom stereocenters. The number of fused-ring (bicyclic) bond motifs is 1. The van der Waals surface area contributed by atoms with Crippen molar-refractivity contribution in [3.8, 4) is 34.3 Å². The van der Waals surface area contributed by atoms with Crippen molar-refractivity contribution in [2.75, 3.05) is 0 Å². The summed E-state index contributed by atoms with van der Waals surface area (Å²) in [4.78, 5) is 5.07. The van der Waals surface area contributed by atoms with Gasteiger partial charge >= 0.3 is 0 Å². The van der Waals surface area contributed by atoms with Crippen LogP contribution in [0.25, 0.3) is 33.5 Å². The molecule has 3 heterocycles. The highest BCUT2D eigenvalue weighted by molar-refractivity contribution is 5.85. The Morgan fingerprint density at radius 1 is 0.652 bits per heavy atom. The first kappa shape index (κ1) is 28.8. The first-order chi connectivity index (χ1) is 22.6.